The van der Waals surface area contributed by atoms with Crippen molar-refractivity contribution in [1.82, 2.24) is 0 Å². The molecule has 0 saturated carbocycles. The van der Waals surface area contributed by atoms with Crippen LogP contribution in [0.15, 0.2) is 54.6 Å². The van der Waals surface area contributed by atoms with Crippen molar-refractivity contribution >= 4 is 44.3 Å². The highest BCUT2D eigenvalue weighted by Gasteiger charge is 2.38. The summed E-state index contributed by atoms with van der Waals surface area (Å²) in [5.74, 6) is -3.55. The van der Waals surface area contributed by atoms with Gasteiger partial charge in [-0.2, -0.15) is 13.2 Å². The summed E-state index contributed by atoms with van der Waals surface area (Å²) in [4.78, 5) is 20.5. The maximum absolute atomic E-state index is 11.6. The zero-order valence-electron chi connectivity index (χ0n) is 17.8. The second-order valence-corrected chi connectivity index (χ2v) is 8.68. The van der Waals surface area contributed by atoms with Crippen LogP contribution in [0.25, 0.3) is 10.8 Å². The summed E-state index contributed by atoms with van der Waals surface area (Å²) in [5.41, 5.74) is 6.04. The number of sulfonamides is 1. The molecule has 0 aliphatic carbocycles. The number of rotatable bonds is 6. The van der Waals surface area contributed by atoms with Crippen molar-refractivity contribution in [3.63, 3.8) is 0 Å². The van der Waals surface area contributed by atoms with E-state index in [9.17, 15) is 31.5 Å². The average molecular weight is 513 g/mol. The molecule has 0 radical (unpaired) electrons. The molecule has 0 bridgehead atoms. The Bertz CT molecular complexity index is 1410. The molecule has 0 unspecified atom stereocenters. The molecule has 0 heterocycles. The molecule has 0 aliphatic heterocycles. The minimum atomic E-state index is -5.08. The number of fused-ring (bicyclic) bond motifs is 1. The van der Waals surface area contributed by atoms with Crippen LogP contribution in [-0.2, 0) is 14.8 Å². The van der Waals surface area contributed by atoms with E-state index in [0.717, 1.165) is 17.0 Å². The van der Waals surface area contributed by atoms with Gasteiger partial charge in [-0.05, 0) is 47.2 Å². The maximum atomic E-state index is 11.6. The molecular weight excluding hydrogens is 495 g/mol. The number of carbonyl (C=O) groups is 2. The summed E-state index contributed by atoms with van der Waals surface area (Å²) in [7, 11) is -3.53. The first kappa shape index (κ1) is 26.9. The number of amidine groups is 1. The number of ether oxygens (including phenoxy) is 1. The number of nitrogen functional groups attached to an aromatic ring is 1. The number of benzene rings is 3. The van der Waals surface area contributed by atoms with Crippen LogP contribution in [-0.4, -0.2) is 48.8 Å². The van der Waals surface area contributed by atoms with Crippen LogP contribution in [0.5, 0.6) is 11.5 Å². The van der Waals surface area contributed by atoms with Crippen molar-refractivity contribution in [2.75, 3.05) is 11.0 Å². The summed E-state index contributed by atoms with van der Waals surface area (Å²) >= 11 is 0. The van der Waals surface area contributed by atoms with Gasteiger partial charge >= 0.3 is 18.1 Å². The smallest absolute Gasteiger partial charge is 0.478 e. The molecule has 3 aromatic rings. The van der Waals surface area contributed by atoms with E-state index >= 15 is 0 Å². The van der Waals surface area contributed by atoms with Gasteiger partial charge in [0.25, 0.3) is 0 Å². The van der Waals surface area contributed by atoms with Gasteiger partial charge < -0.3 is 20.7 Å². The molecule has 0 fully saturated rings. The van der Waals surface area contributed by atoms with Crippen molar-refractivity contribution in [3.8, 4) is 11.5 Å². The molecule has 0 aliphatic rings. The first-order chi connectivity index (χ1) is 16.1. The lowest BCUT2D eigenvalue weighted by Gasteiger charge is -2.12. The topological polar surface area (TPSA) is 180 Å². The third-order valence-corrected chi connectivity index (χ3v) is 4.71. The van der Waals surface area contributed by atoms with E-state index in [-0.39, 0.29) is 22.8 Å². The molecule has 3 aromatic carbocycles. The first-order valence-corrected chi connectivity index (χ1v) is 11.2. The van der Waals surface area contributed by atoms with Crippen molar-refractivity contribution < 1.29 is 46.1 Å². The molecular formula is C21H18F3N3O7S. The van der Waals surface area contributed by atoms with Gasteiger partial charge in [0.05, 0.1) is 6.26 Å². The lowest BCUT2D eigenvalue weighted by atomic mass is 10.1. The zero-order valence-corrected chi connectivity index (χ0v) is 18.6. The number of aromatic carboxylic acids is 1. The Morgan fingerprint density at radius 1 is 1.00 bits per heavy atom. The van der Waals surface area contributed by atoms with E-state index in [4.69, 9.17) is 25.8 Å². The predicted octanol–water partition coefficient (Wildman–Crippen LogP) is 3.62. The SMILES string of the molecule is CS(=O)(=O)Nc1ccc(Oc2ccc3cc(C(=N)N)ccc3c2)c(C(=O)O)c1.O=C(O)C(F)(F)F. The van der Waals surface area contributed by atoms with Gasteiger partial charge in [0.2, 0.25) is 10.0 Å². The summed E-state index contributed by atoms with van der Waals surface area (Å²) in [6.45, 7) is 0. The molecule has 186 valence electrons. The molecule has 3 rings (SSSR count). The molecule has 14 heteroatoms. The van der Waals surface area contributed by atoms with Crippen LogP contribution >= 0.6 is 0 Å². The fourth-order valence-electron chi connectivity index (χ4n) is 2.65. The number of anilines is 1. The third kappa shape index (κ3) is 7.89. The number of alkyl halides is 3. The first-order valence-electron chi connectivity index (χ1n) is 9.28. The van der Waals surface area contributed by atoms with Crippen LogP contribution < -0.4 is 15.2 Å². The monoisotopic (exact) mass is 513 g/mol. The van der Waals surface area contributed by atoms with E-state index in [1.165, 1.54) is 18.2 Å². The van der Waals surface area contributed by atoms with Gasteiger partial charge in [-0.1, -0.05) is 18.2 Å². The summed E-state index contributed by atoms with van der Waals surface area (Å²) in [5, 5.41) is 25.7. The van der Waals surface area contributed by atoms with E-state index in [1.54, 1.807) is 36.4 Å². The number of carboxylic acids is 2. The molecule has 0 atom stereocenters. The van der Waals surface area contributed by atoms with Crippen LogP contribution in [0.1, 0.15) is 15.9 Å². The minimum Gasteiger partial charge on any atom is -0.478 e. The molecule has 0 amide bonds. The summed E-state index contributed by atoms with van der Waals surface area (Å²) in [6, 6.07) is 14.4. The molecule has 6 N–H and O–H groups in total. The quantitative estimate of drug-likeness (QED) is 0.245. The number of hydrogen-bond donors (Lipinski definition) is 5. The molecule has 35 heavy (non-hydrogen) atoms. The third-order valence-electron chi connectivity index (χ3n) is 4.11. The largest absolute Gasteiger partial charge is 0.490 e. The highest BCUT2D eigenvalue weighted by molar-refractivity contribution is 7.92. The lowest BCUT2D eigenvalue weighted by molar-refractivity contribution is -0.192. The number of aliphatic carboxylic acids is 1. The van der Waals surface area contributed by atoms with Crippen molar-refractivity contribution in [3.05, 3.63) is 65.7 Å². The number of halogens is 3. The summed E-state index contributed by atoms with van der Waals surface area (Å²) < 4.78 is 62.4. The van der Waals surface area contributed by atoms with Crippen LogP contribution in [0, 0.1) is 5.41 Å². The minimum absolute atomic E-state index is 0.0314. The Morgan fingerprint density at radius 3 is 2.09 bits per heavy atom. The van der Waals surface area contributed by atoms with Crippen LogP contribution in [0.4, 0.5) is 18.9 Å². The highest BCUT2D eigenvalue weighted by Crippen LogP contribution is 2.30. The fourth-order valence-corrected chi connectivity index (χ4v) is 3.20. The average Bonchev–Trinajstić information content (AvgIpc) is 2.73. The number of nitrogens with two attached hydrogens (primary N) is 1. The van der Waals surface area contributed by atoms with Crippen molar-refractivity contribution in [2.45, 2.75) is 6.18 Å². The van der Waals surface area contributed by atoms with E-state index < -0.39 is 28.1 Å². The number of nitrogens with one attached hydrogen (secondary N) is 2. The van der Waals surface area contributed by atoms with Crippen molar-refractivity contribution in [1.29, 1.82) is 5.41 Å². The van der Waals surface area contributed by atoms with Gasteiger partial charge in [-0.15, -0.1) is 0 Å². The second-order valence-electron chi connectivity index (χ2n) is 6.93. The maximum Gasteiger partial charge on any atom is 0.490 e. The van der Waals surface area contributed by atoms with Gasteiger partial charge in [0, 0.05) is 11.3 Å². The normalized spacial score (nSPS) is 11.2. The molecule has 0 spiro atoms. The van der Waals surface area contributed by atoms with E-state index in [2.05, 4.69) is 4.72 Å². The summed E-state index contributed by atoms with van der Waals surface area (Å²) in [6.07, 6.45) is -4.11. The lowest BCUT2D eigenvalue weighted by Crippen LogP contribution is -2.21. The van der Waals surface area contributed by atoms with Gasteiger partial charge in [0.1, 0.15) is 22.9 Å². The zero-order chi connectivity index (χ0) is 26.6. The Labute approximate surface area is 196 Å². The highest BCUT2D eigenvalue weighted by atomic mass is 32.2. The van der Waals surface area contributed by atoms with E-state index in [0.29, 0.717) is 11.3 Å². The fraction of sp³-hybridized carbons (Fsp3) is 0.0952. The molecule has 0 aromatic heterocycles. The van der Waals surface area contributed by atoms with Gasteiger partial charge in [0.15, 0.2) is 0 Å². The van der Waals surface area contributed by atoms with E-state index in [1.807, 2.05) is 0 Å². The Kier molecular flexibility index (Phi) is 7.92. The van der Waals surface area contributed by atoms with Gasteiger partial charge in [-0.25, -0.2) is 18.0 Å². The number of carboxylic acid groups (broad SMARTS) is 2. The van der Waals surface area contributed by atoms with Crippen LogP contribution in [0.3, 0.4) is 0 Å². The second kappa shape index (κ2) is 10.3. The van der Waals surface area contributed by atoms with Crippen LogP contribution in [0.2, 0.25) is 0 Å². The Morgan fingerprint density at radius 2 is 1.57 bits per heavy atom. The van der Waals surface area contributed by atoms with Gasteiger partial charge in [-0.3, -0.25) is 10.1 Å². The molecule has 10 nitrogen and oxygen atoms in total. The molecule has 0 saturated heterocycles. The number of hydrogen-bond acceptors (Lipinski definition) is 6. The Balaban J connectivity index is 0.000000540. The standard InChI is InChI=1S/C19H17N3O5S.C2HF3O2/c1-28(25,26)22-14-5-7-17(16(10-14)19(23)24)27-15-6-4-11-8-13(18(20)21)3-2-12(11)9-15;3-2(4,5)1(6)7/h2-10,22H,1H3,(H3,20,21)(H,23,24);(H,6,7). The predicted molar refractivity (Wildman–Crippen MR) is 121 cm³/mol. The Hall–Kier alpha value is -4.33. The van der Waals surface area contributed by atoms with Crippen molar-refractivity contribution in [2.24, 2.45) is 5.73 Å².